The Balaban J connectivity index is 1.93. The van der Waals surface area contributed by atoms with Gasteiger partial charge in [0.1, 0.15) is 0 Å². The number of benzene rings is 1. The van der Waals surface area contributed by atoms with E-state index in [1.807, 2.05) is 12.3 Å². The van der Waals surface area contributed by atoms with Crippen LogP contribution in [-0.4, -0.2) is 23.0 Å². The SMILES string of the molecule is Cc1nc(CC(=O)Nc2ccc(C(=O)OC(C)C)cc2)cs1. The lowest BCUT2D eigenvalue weighted by molar-refractivity contribution is -0.115. The molecule has 0 unspecified atom stereocenters. The van der Waals surface area contributed by atoms with E-state index in [1.165, 1.54) is 11.3 Å². The largest absolute Gasteiger partial charge is 0.459 e. The number of amides is 1. The fourth-order valence-electron chi connectivity index (χ4n) is 1.83. The highest BCUT2D eigenvalue weighted by Gasteiger charge is 2.10. The molecule has 1 aromatic heterocycles. The van der Waals surface area contributed by atoms with Crippen LogP contribution in [0, 0.1) is 6.92 Å². The van der Waals surface area contributed by atoms with E-state index in [1.54, 1.807) is 38.1 Å². The number of carbonyl (C=O) groups excluding carboxylic acids is 2. The van der Waals surface area contributed by atoms with Crippen LogP contribution in [0.15, 0.2) is 29.6 Å². The van der Waals surface area contributed by atoms with E-state index in [4.69, 9.17) is 4.74 Å². The number of ether oxygens (including phenoxy) is 1. The molecule has 2 aromatic rings. The lowest BCUT2D eigenvalue weighted by Crippen LogP contribution is -2.15. The Morgan fingerprint density at radius 2 is 1.95 bits per heavy atom. The van der Waals surface area contributed by atoms with Gasteiger partial charge in [-0.15, -0.1) is 11.3 Å². The van der Waals surface area contributed by atoms with Gasteiger partial charge in [-0.2, -0.15) is 0 Å². The Morgan fingerprint density at radius 3 is 2.50 bits per heavy atom. The van der Waals surface area contributed by atoms with Crippen molar-refractivity contribution in [2.45, 2.75) is 33.3 Å². The van der Waals surface area contributed by atoms with Gasteiger partial charge >= 0.3 is 5.97 Å². The van der Waals surface area contributed by atoms with E-state index in [0.29, 0.717) is 11.3 Å². The van der Waals surface area contributed by atoms with E-state index in [-0.39, 0.29) is 24.4 Å². The summed E-state index contributed by atoms with van der Waals surface area (Å²) in [5.74, 6) is -0.506. The topological polar surface area (TPSA) is 68.3 Å². The van der Waals surface area contributed by atoms with Crippen molar-refractivity contribution >= 4 is 28.9 Å². The second-order valence-electron chi connectivity index (χ2n) is 5.11. The number of aromatic nitrogens is 1. The number of nitrogens with zero attached hydrogens (tertiary/aromatic N) is 1. The van der Waals surface area contributed by atoms with Gasteiger partial charge in [-0.25, -0.2) is 9.78 Å². The van der Waals surface area contributed by atoms with Crippen molar-refractivity contribution in [1.29, 1.82) is 0 Å². The molecule has 0 fully saturated rings. The molecule has 0 saturated heterocycles. The van der Waals surface area contributed by atoms with Crippen LogP contribution in [0.1, 0.15) is 34.9 Å². The molecular formula is C16H18N2O3S. The molecule has 0 radical (unpaired) electrons. The molecule has 0 aliphatic carbocycles. The summed E-state index contributed by atoms with van der Waals surface area (Å²) in [5, 5.41) is 5.60. The highest BCUT2D eigenvalue weighted by atomic mass is 32.1. The predicted molar refractivity (Wildman–Crippen MR) is 86.2 cm³/mol. The second-order valence-corrected chi connectivity index (χ2v) is 6.18. The molecule has 6 heteroatoms. The van der Waals surface area contributed by atoms with Gasteiger partial charge in [-0.3, -0.25) is 4.79 Å². The lowest BCUT2D eigenvalue weighted by Gasteiger charge is -2.08. The van der Waals surface area contributed by atoms with Gasteiger partial charge in [-0.05, 0) is 45.0 Å². The standard InChI is InChI=1S/C16H18N2O3S/c1-10(2)21-16(20)12-4-6-13(7-5-12)18-15(19)8-14-9-22-11(3)17-14/h4-7,9-10H,8H2,1-3H3,(H,18,19). The first kappa shape index (κ1) is 16.2. The van der Waals surface area contributed by atoms with Gasteiger partial charge in [0, 0.05) is 11.1 Å². The third kappa shape index (κ3) is 4.66. The van der Waals surface area contributed by atoms with E-state index in [9.17, 15) is 9.59 Å². The fourth-order valence-corrected chi connectivity index (χ4v) is 2.44. The minimum Gasteiger partial charge on any atom is -0.459 e. The van der Waals surface area contributed by atoms with E-state index in [0.717, 1.165) is 10.7 Å². The maximum Gasteiger partial charge on any atom is 0.338 e. The molecule has 0 aliphatic rings. The Bertz CT molecular complexity index is 662. The number of hydrogen-bond donors (Lipinski definition) is 1. The quantitative estimate of drug-likeness (QED) is 0.860. The number of esters is 1. The van der Waals surface area contributed by atoms with Crippen molar-refractivity contribution in [3.63, 3.8) is 0 Å². The molecule has 0 aliphatic heterocycles. The molecule has 0 atom stereocenters. The molecule has 5 nitrogen and oxygen atoms in total. The van der Waals surface area contributed by atoms with Crippen LogP contribution in [0.5, 0.6) is 0 Å². The Morgan fingerprint density at radius 1 is 1.27 bits per heavy atom. The van der Waals surface area contributed by atoms with Crippen LogP contribution in [0.3, 0.4) is 0 Å². The van der Waals surface area contributed by atoms with Gasteiger partial charge in [0.15, 0.2) is 0 Å². The lowest BCUT2D eigenvalue weighted by atomic mass is 10.2. The number of hydrogen-bond acceptors (Lipinski definition) is 5. The maximum atomic E-state index is 11.9. The molecule has 1 aromatic carbocycles. The average molecular weight is 318 g/mol. The molecule has 22 heavy (non-hydrogen) atoms. The van der Waals surface area contributed by atoms with Gasteiger partial charge in [-0.1, -0.05) is 0 Å². The first-order chi connectivity index (χ1) is 10.4. The zero-order valence-electron chi connectivity index (χ0n) is 12.8. The van der Waals surface area contributed by atoms with Crippen LogP contribution in [0.25, 0.3) is 0 Å². The second kappa shape index (κ2) is 7.17. The number of carbonyl (C=O) groups is 2. The van der Waals surface area contributed by atoms with Crippen LogP contribution in [0.2, 0.25) is 0 Å². The zero-order valence-corrected chi connectivity index (χ0v) is 13.6. The van der Waals surface area contributed by atoms with Gasteiger partial charge < -0.3 is 10.1 Å². The Labute approximate surface area is 133 Å². The molecule has 116 valence electrons. The number of anilines is 1. The van der Waals surface area contributed by atoms with Crippen LogP contribution in [-0.2, 0) is 16.0 Å². The Kier molecular flexibility index (Phi) is 5.27. The van der Waals surface area contributed by atoms with Crippen molar-refractivity contribution in [3.05, 3.63) is 45.9 Å². The minimum atomic E-state index is -0.370. The third-order valence-corrected chi connectivity index (χ3v) is 3.58. The fraction of sp³-hybridized carbons (Fsp3) is 0.312. The first-order valence-corrected chi connectivity index (χ1v) is 7.84. The van der Waals surface area contributed by atoms with E-state index in [2.05, 4.69) is 10.3 Å². The van der Waals surface area contributed by atoms with Crippen molar-refractivity contribution < 1.29 is 14.3 Å². The van der Waals surface area contributed by atoms with Crippen LogP contribution in [0.4, 0.5) is 5.69 Å². The summed E-state index contributed by atoms with van der Waals surface area (Å²) in [6.45, 7) is 5.50. The van der Waals surface area contributed by atoms with E-state index >= 15 is 0 Å². The maximum absolute atomic E-state index is 11.9. The smallest absolute Gasteiger partial charge is 0.338 e. The summed E-state index contributed by atoms with van der Waals surface area (Å²) < 4.78 is 5.11. The molecule has 1 N–H and O–H groups in total. The molecule has 0 spiro atoms. The van der Waals surface area contributed by atoms with Gasteiger partial charge in [0.25, 0.3) is 0 Å². The summed E-state index contributed by atoms with van der Waals surface area (Å²) in [7, 11) is 0. The average Bonchev–Trinajstić information content (AvgIpc) is 2.83. The monoisotopic (exact) mass is 318 g/mol. The van der Waals surface area contributed by atoms with Crippen molar-refractivity contribution in [2.75, 3.05) is 5.32 Å². The molecule has 1 heterocycles. The predicted octanol–water partition coefficient (Wildman–Crippen LogP) is 3.20. The Hall–Kier alpha value is -2.21. The highest BCUT2D eigenvalue weighted by Crippen LogP contribution is 2.13. The number of rotatable bonds is 5. The third-order valence-electron chi connectivity index (χ3n) is 2.76. The minimum absolute atomic E-state index is 0.136. The van der Waals surface area contributed by atoms with Gasteiger partial charge in [0.05, 0.1) is 28.8 Å². The van der Waals surface area contributed by atoms with Crippen molar-refractivity contribution in [3.8, 4) is 0 Å². The number of thiazole rings is 1. The number of nitrogens with one attached hydrogen (secondary N) is 1. The first-order valence-electron chi connectivity index (χ1n) is 6.96. The summed E-state index contributed by atoms with van der Waals surface area (Å²) in [6.07, 6.45) is 0.0787. The van der Waals surface area contributed by atoms with Gasteiger partial charge in [0.2, 0.25) is 5.91 Å². The molecule has 2 rings (SSSR count). The van der Waals surface area contributed by atoms with E-state index < -0.39 is 0 Å². The summed E-state index contributed by atoms with van der Waals surface area (Å²) >= 11 is 1.52. The zero-order chi connectivity index (χ0) is 16.1. The molecule has 0 bridgehead atoms. The summed E-state index contributed by atoms with van der Waals surface area (Å²) in [5.41, 5.74) is 1.86. The van der Waals surface area contributed by atoms with Crippen molar-refractivity contribution in [2.24, 2.45) is 0 Å². The normalized spacial score (nSPS) is 10.5. The molecule has 1 amide bonds. The summed E-state index contributed by atoms with van der Waals surface area (Å²) in [4.78, 5) is 27.9. The molecule has 0 saturated carbocycles. The molecular weight excluding hydrogens is 300 g/mol. The summed E-state index contributed by atoms with van der Waals surface area (Å²) in [6, 6.07) is 6.63. The number of aryl methyl sites for hydroxylation is 1. The van der Waals surface area contributed by atoms with Crippen molar-refractivity contribution in [1.82, 2.24) is 4.98 Å². The van der Waals surface area contributed by atoms with Crippen LogP contribution >= 0.6 is 11.3 Å². The highest BCUT2D eigenvalue weighted by molar-refractivity contribution is 7.09. The van der Waals surface area contributed by atoms with Crippen LogP contribution < -0.4 is 5.32 Å².